The zero-order valence-corrected chi connectivity index (χ0v) is 14.3. The molecule has 8 heteroatoms. The molecule has 0 aliphatic heterocycles. The van der Waals surface area contributed by atoms with E-state index in [1.807, 2.05) is 37.3 Å². The fraction of sp³-hybridized carbons (Fsp3) is 0.176. The Hall–Kier alpha value is -2.58. The second kappa shape index (κ2) is 7.12. The van der Waals surface area contributed by atoms with E-state index in [-0.39, 0.29) is 12.4 Å². The predicted molar refractivity (Wildman–Crippen MR) is 90.6 cm³/mol. The monoisotopic (exact) mass is 361 g/mol. The van der Waals surface area contributed by atoms with Gasteiger partial charge in [-0.15, -0.1) is 10.2 Å². The van der Waals surface area contributed by atoms with Crippen LogP contribution in [0.3, 0.4) is 0 Å². The van der Waals surface area contributed by atoms with Crippen LogP contribution in [-0.4, -0.2) is 25.2 Å². The smallest absolute Gasteiger partial charge is 0.248 e. The molecule has 0 aliphatic carbocycles. The molecular formula is C17H16FN3O3S. The Bertz CT molecular complexity index is 972. The lowest BCUT2D eigenvalue weighted by Crippen LogP contribution is -2.25. The summed E-state index contributed by atoms with van der Waals surface area (Å²) < 4.78 is 46.3. The number of rotatable bonds is 6. The van der Waals surface area contributed by atoms with Crippen LogP contribution in [0.5, 0.6) is 0 Å². The van der Waals surface area contributed by atoms with Crippen LogP contribution < -0.4 is 4.72 Å². The molecule has 1 heterocycles. The van der Waals surface area contributed by atoms with Gasteiger partial charge in [0.05, 0.1) is 0 Å². The maximum absolute atomic E-state index is 14.0. The fourth-order valence-corrected chi connectivity index (χ4v) is 3.43. The molecule has 0 radical (unpaired) electrons. The number of hydrogen-bond acceptors (Lipinski definition) is 5. The summed E-state index contributed by atoms with van der Waals surface area (Å²) in [5.74, 6) is -0.422. The van der Waals surface area contributed by atoms with Crippen LogP contribution in [0.15, 0.2) is 57.8 Å². The van der Waals surface area contributed by atoms with Gasteiger partial charge < -0.3 is 4.42 Å². The van der Waals surface area contributed by atoms with E-state index in [1.54, 1.807) is 0 Å². The highest BCUT2D eigenvalue weighted by Gasteiger charge is 2.21. The molecular weight excluding hydrogens is 345 g/mol. The van der Waals surface area contributed by atoms with Crippen molar-refractivity contribution < 1.29 is 17.2 Å². The highest BCUT2D eigenvalue weighted by atomic mass is 32.2. The molecule has 3 aromatic rings. The molecule has 0 saturated carbocycles. The van der Waals surface area contributed by atoms with Crippen LogP contribution in [0.25, 0.3) is 22.9 Å². The summed E-state index contributed by atoms with van der Waals surface area (Å²) in [6.07, 6.45) is 0.602. The van der Waals surface area contributed by atoms with Gasteiger partial charge >= 0.3 is 0 Å². The van der Waals surface area contributed by atoms with E-state index in [0.29, 0.717) is 17.9 Å². The number of hydrogen-bond donors (Lipinski definition) is 1. The van der Waals surface area contributed by atoms with E-state index in [2.05, 4.69) is 14.9 Å². The molecule has 1 N–H and O–H groups in total. The molecule has 25 heavy (non-hydrogen) atoms. The van der Waals surface area contributed by atoms with Gasteiger partial charge in [0.15, 0.2) is 0 Å². The van der Waals surface area contributed by atoms with Crippen molar-refractivity contribution in [2.45, 2.75) is 18.2 Å². The van der Waals surface area contributed by atoms with Crippen LogP contribution in [0, 0.1) is 5.82 Å². The Morgan fingerprint density at radius 3 is 2.40 bits per heavy atom. The Balaban J connectivity index is 1.97. The lowest BCUT2D eigenvalue weighted by atomic mass is 10.2. The lowest BCUT2D eigenvalue weighted by Gasteiger charge is -2.07. The zero-order chi connectivity index (χ0) is 17.9. The third-order valence-electron chi connectivity index (χ3n) is 3.46. The average molecular weight is 361 g/mol. The molecule has 0 spiro atoms. The van der Waals surface area contributed by atoms with Crippen molar-refractivity contribution in [1.82, 2.24) is 14.9 Å². The summed E-state index contributed by atoms with van der Waals surface area (Å²) in [5.41, 5.74) is 1.06. The van der Waals surface area contributed by atoms with Crippen molar-refractivity contribution in [3.8, 4) is 22.9 Å². The van der Waals surface area contributed by atoms with Gasteiger partial charge in [0, 0.05) is 17.7 Å². The van der Waals surface area contributed by atoms with E-state index in [9.17, 15) is 12.8 Å². The lowest BCUT2D eigenvalue weighted by molar-refractivity contribution is 0.555. The van der Waals surface area contributed by atoms with Gasteiger partial charge in [-0.25, -0.2) is 17.5 Å². The summed E-state index contributed by atoms with van der Waals surface area (Å²) in [7, 11) is -3.94. The Kier molecular flexibility index (Phi) is 4.91. The largest absolute Gasteiger partial charge is 0.416 e. The molecule has 6 nitrogen and oxygen atoms in total. The van der Waals surface area contributed by atoms with E-state index < -0.39 is 20.7 Å². The van der Waals surface area contributed by atoms with Gasteiger partial charge in [0.25, 0.3) is 0 Å². The topological polar surface area (TPSA) is 85.1 Å². The zero-order valence-electron chi connectivity index (χ0n) is 13.4. The fourth-order valence-electron chi connectivity index (χ4n) is 2.19. The third-order valence-corrected chi connectivity index (χ3v) is 4.93. The molecule has 0 bridgehead atoms. The van der Waals surface area contributed by atoms with Crippen molar-refractivity contribution in [3.63, 3.8) is 0 Å². The Labute approximate surface area is 144 Å². The summed E-state index contributed by atoms with van der Waals surface area (Å²) >= 11 is 0. The number of nitrogens with one attached hydrogen (secondary N) is 1. The molecule has 0 fully saturated rings. The quantitative estimate of drug-likeness (QED) is 0.728. The van der Waals surface area contributed by atoms with Gasteiger partial charge in [-0.1, -0.05) is 25.1 Å². The van der Waals surface area contributed by atoms with Crippen molar-refractivity contribution in [2.24, 2.45) is 0 Å². The third kappa shape index (κ3) is 3.75. The minimum absolute atomic E-state index is 0.116. The minimum atomic E-state index is -3.94. The molecule has 0 unspecified atom stereocenters. The van der Waals surface area contributed by atoms with Crippen LogP contribution in [0.2, 0.25) is 0 Å². The van der Waals surface area contributed by atoms with Gasteiger partial charge in [-0.2, -0.15) is 0 Å². The maximum Gasteiger partial charge on any atom is 0.248 e. The van der Waals surface area contributed by atoms with Crippen molar-refractivity contribution in [1.29, 1.82) is 0 Å². The second-order valence-electron chi connectivity index (χ2n) is 5.32. The van der Waals surface area contributed by atoms with Gasteiger partial charge in [0.1, 0.15) is 10.7 Å². The molecule has 0 amide bonds. The second-order valence-corrected chi connectivity index (χ2v) is 7.06. The van der Waals surface area contributed by atoms with E-state index in [0.717, 1.165) is 11.6 Å². The Morgan fingerprint density at radius 2 is 1.72 bits per heavy atom. The predicted octanol–water partition coefficient (Wildman–Crippen LogP) is 3.23. The first-order valence-corrected chi connectivity index (χ1v) is 9.18. The molecule has 0 aliphatic rings. The van der Waals surface area contributed by atoms with Crippen LogP contribution in [-0.2, 0) is 10.0 Å². The number of nitrogens with zero attached hydrogens (tertiary/aromatic N) is 2. The molecule has 3 rings (SSSR count). The van der Waals surface area contributed by atoms with E-state index >= 15 is 0 Å². The maximum atomic E-state index is 14.0. The molecule has 1 aromatic heterocycles. The Morgan fingerprint density at radius 1 is 1.04 bits per heavy atom. The first-order chi connectivity index (χ1) is 12.0. The van der Waals surface area contributed by atoms with Gasteiger partial charge in [-0.3, -0.25) is 0 Å². The van der Waals surface area contributed by atoms with Gasteiger partial charge in [0.2, 0.25) is 21.8 Å². The highest BCUT2D eigenvalue weighted by molar-refractivity contribution is 7.89. The number of aromatic nitrogens is 2. The summed E-state index contributed by atoms with van der Waals surface area (Å²) in [6, 6.07) is 12.8. The highest BCUT2D eigenvalue weighted by Crippen LogP contribution is 2.26. The molecule has 0 atom stereocenters. The summed E-state index contributed by atoms with van der Waals surface area (Å²) in [4.78, 5) is -0.446. The standard InChI is InChI=1S/C17H16FN3O3S/c1-2-10-19-25(22,23)15-11-13(8-9-14(15)18)17-21-20-16(24-17)12-6-4-3-5-7-12/h3-9,11,19H,2,10H2,1H3. The van der Waals surface area contributed by atoms with Crippen molar-refractivity contribution in [2.75, 3.05) is 6.54 Å². The van der Waals surface area contributed by atoms with E-state index in [1.165, 1.54) is 12.1 Å². The van der Waals surface area contributed by atoms with Gasteiger partial charge in [-0.05, 0) is 36.8 Å². The molecule has 0 saturated heterocycles. The SMILES string of the molecule is CCCNS(=O)(=O)c1cc(-c2nnc(-c3ccccc3)o2)ccc1F. The first kappa shape index (κ1) is 17.2. The van der Waals surface area contributed by atoms with Crippen molar-refractivity contribution >= 4 is 10.0 Å². The van der Waals surface area contributed by atoms with E-state index in [4.69, 9.17) is 4.42 Å². The summed E-state index contributed by atoms with van der Waals surface area (Å²) in [6.45, 7) is 2.05. The minimum Gasteiger partial charge on any atom is -0.416 e. The number of halogens is 1. The molecule has 2 aromatic carbocycles. The molecule has 130 valence electrons. The first-order valence-electron chi connectivity index (χ1n) is 7.70. The number of sulfonamides is 1. The average Bonchev–Trinajstić information content (AvgIpc) is 3.11. The summed E-state index contributed by atoms with van der Waals surface area (Å²) in [5, 5.41) is 7.87. The van der Waals surface area contributed by atoms with Crippen LogP contribution >= 0.6 is 0 Å². The van der Waals surface area contributed by atoms with Crippen LogP contribution in [0.4, 0.5) is 4.39 Å². The number of benzene rings is 2. The van der Waals surface area contributed by atoms with Crippen LogP contribution in [0.1, 0.15) is 13.3 Å². The normalized spacial score (nSPS) is 11.6. The van der Waals surface area contributed by atoms with Crippen molar-refractivity contribution in [3.05, 3.63) is 54.3 Å².